The van der Waals surface area contributed by atoms with Crippen LogP contribution in [0, 0.1) is 5.92 Å². The van der Waals surface area contributed by atoms with Crippen LogP contribution in [0.3, 0.4) is 0 Å². The molecular formula is C7H12F2O. The summed E-state index contributed by atoms with van der Waals surface area (Å²) >= 11 is 0. The maximum absolute atomic E-state index is 11.6. The van der Waals surface area contributed by atoms with E-state index in [2.05, 4.69) is 11.7 Å². The van der Waals surface area contributed by atoms with E-state index in [0.717, 1.165) is 19.3 Å². The van der Waals surface area contributed by atoms with Crippen LogP contribution in [0.4, 0.5) is 8.78 Å². The molecule has 0 spiro atoms. The van der Waals surface area contributed by atoms with Gasteiger partial charge in [-0.3, -0.25) is 0 Å². The minimum Gasteiger partial charge on any atom is -0.320 e. The third-order valence-corrected chi connectivity index (χ3v) is 1.94. The molecule has 0 aliphatic heterocycles. The Labute approximate surface area is 59.4 Å². The molecule has 1 saturated carbocycles. The number of alkyl halides is 2. The second-order valence-electron chi connectivity index (χ2n) is 2.94. The van der Waals surface area contributed by atoms with E-state index < -0.39 is 6.61 Å². The van der Waals surface area contributed by atoms with Gasteiger partial charge in [0.2, 0.25) is 0 Å². The maximum Gasteiger partial charge on any atom is 0.345 e. The number of rotatable bonds is 2. The molecule has 3 heteroatoms. The van der Waals surface area contributed by atoms with Crippen molar-refractivity contribution in [2.45, 2.75) is 38.9 Å². The predicted molar refractivity (Wildman–Crippen MR) is 33.9 cm³/mol. The van der Waals surface area contributed by atoms with Crippen molar-refractivity contribution in [3.8, 4) is 0 Å². The van der Waals surface area contributed by atoms with E-state index in [1.807, 2.05) is 0 Å². The Bertz CT molecular complexity index is 106. The van der Waals surface area contributed by atoms with Crippen molar-refractivity contribution in [3.63, 3.8) is 0 Å². The molecule has 2 unspecified atom stereocenters. The van der Waals surface area contributed by atoms with Gasteiger partial charge in [0, 0.05) is 0 Å². The van der Waals surface area contributed by atoms with Gasteiger partial charge in [-0.15, -0.1) is 0 Å². The summed E-state index contributed by atoms with van der Waals surface area (Å²) in [6, 6.07) is 0. The highest BCUT2D eigenvalue weighted by Gasteiger charge is 2.24. The van der Waals surface area contributed by atoms with Crippen LogP contribution in [-0.2, 0) is 4.74 Å². The molecule has 0 N–H and O–H groups in total. The monoisotopic (exact) mass is 150 g/mol. The molecule has 1 aliphatic carbocycles. The van der Waals surface area contributed by atoms with Crippen LogP contribution in [0.15, 0.2) is 0 Å². The third kappa shape index (κ3) is 2.21. The summed E-state index contributed by atoms with van der Waals surface area (Å²) < 4.78 is 27.5. The Hall–Kier alpha value is -0.180. The lowest BCUT2D eigenvalue weighted by molar-refractivity contribution is -0.160. The second kappa shape index (κ2) is 3.28. The average molecular weight is 150 g/mol. The molecule has 0 bridgehead atoms. The minimum atomic E-state index is -2.59. The van der Waals surface area contributed by atoms with Gasteiger partial charge >= 0.3 is 6.61 Å². The topological polar surface area (TPSA) is 9.23 Å². The average Bonchev–Trinajstić information content (AvgIpc) is 2.13. The van der Waals surface area contributed by atoms with E-state index in [1.54, 1.807) is 0 Å². The Kier molecular flexibility index (Phi) is 2.60. The summed E-state index contributed by atoms with van der Waals surface area (Å²) in [6.07, 6.45) is 2.43. The van der Waals surface area contributed by atoms with Gasteiger partial charge in [0.15, 0.2) is 0 Å². The fraction of sp³-hybridized carbons (Fsp3) is 1.00. The highest BCUT2D eigenvalue weighted by molar-refractivity contribution is 4.72. The Morgan fingerprint density at radius 2 is 2.10 bits per heavy atom. The van der Waals surface area contributed by atoms with E-state index >= 15 is 0 Å². The van der Waals surface area contributed by atoms with Gasteiger partial charge < -0.3 is 4.74 Å². The Morgan fingerprint density at radius 1 is 1.40 bits per heavy atom. The van der Waals surface area contributed by atoms with Gasteiger partial charge in [-0.1, -0.05) is 6.92 Å². The fourth-order valence-corrected chi connectivity index (χ4v) is 1.42. The van der Waals surface area contributed by atoms with Gasteiger partial charge in [0.05, 0.1) is 6.10 Å². The SMILES string of the molecule is CC1CCC(OC(F)F)C1. The van der Waals surface area contributed by atoms with Crippen molar-refractivity contribution in [2.24, 2.45) is 5.92 Å². The maximum atomic E-state index is 11.6. The van der Waals surface area contributed by atoms with Gasteiger partial charge in [-0.2, -0.15) is 8.78 Å². The molecule has 1 nitrogen and oxygen atoms in total. The zero-order valence-corrected chi connectivity index (χ0v) is 6.02. The van der Waals surface area contributed by atoms with Gasteiger partial charge in [-0.05, 0) is 25.2 Å². The van der Waals surface area contributed by atoms with Crippen LogP contribution in [0.2, 0.25) is 0 Å². The standard InChI is InChI=1S/C7H12F2O/c1-5-2-3-6(4-5)10-7(8)9/h5-7H,2-4H2,1H3. The fourth-order valence-electron chi connectivity index (χ4n) is 1.42. The van der Waals surface area contributed by atoms with E-state index in [4.69, 9.17) is 0 Å². The normalized spacial score (nSPS) is 33.6. The number of hydrogen-bond acceptors (Lipinski definition) is 1. The zero-order chi connectivity index (χ0) is 7.56. The van der Waals surface area contributed by atoms with Crippen molar-refractivity contribution in [2.75, 3.05) is 0 Å². The first-order valence-electron chi connectivity index (χ1n) is 3.62. The zero-order valence-electron chi connectivity index (χ0n) is 6.02. The first-order chi connectivity index (χ1) is 4.68. The van der Waals surface area contributed by atoms with Crippen LogP contribution in [0.5, 0.6) is 0 Å². The molecule has 2 atom stereocenters. The summed E-state index contributed by atoms with van der Waals surface area (Å²) in [6.45, 7) is -0.523. The predicted octanol–water partition coefficient (Wildman–Crippen LogP) is 2.41. The molecule has 0 aromatic rings. The lowest BCUT2D eigenvalue weighted by Gasteiger charge is -2.09. The summed E-state index contributed by atoms with van der Waals surface area (Å²) in [5.41, 5.74) is 0. The molecule has 0 heterocycles. The van der Waals surface area contributed by atoms with Crippen LogP contribution >= 0.6 is 0 Å². The Balaban J connectivity index is 2.18. The molecular weight excluding hydrogens is 138 g/mol. The molecule has 60 valence electrons. The lowest BCUT2D eigenvalue weighted by Crippen LogP contribution is -2.12. The minimum absolute atomic E-state index is 0.185. The van der Waals surface area contributed by atoms with Crippen LogP contribution in [0.25, 0.3) is 0 Å². The lowest BCUT2D eigenvalue weighted by atomic mass is 10.1. The number of halogens is 2. The smallest absolute Gasteiger partial charge is 0.320 e. The van der Waals surface area contributed by atoms with Crippen LogP contribution < -0.4 is 0 Å². The first kappa shape index (κ1) is 7.92. The molecule has 0 radical (unpaired) electrons. The van der Waals surface area contributed by atoms with Crippen molar-refractivity contribution in [3.05, 3.63) is 0 Å². The Morgan fingerprint density at radius 3 is 2.50 bits per heavy atom. The van der Waals surface area contributed by atoms with Gasteiger partial charge in [0.1, 0.15) is 0 Å². The molecule has 0 aromatic heterocycles. The second-order valence-corrected chi connectivity index (χ2v) is 2.94. The van der Waals surface area contributed by atoms with Crippen molar-refractivity contribution < 1.29 is 13.5 Å². The van der Waals surface area contributed by atoms with Crippen molar-refractivity contribution >= 4 is 0 Å². The molecule has 0 aromatic carbocycles. The van der Waals surface area contributed by atoms with Crippen LogP contribution in [-0.4, -0.2) is 12.7 Å². The summed E-state index contributed by atoms with van der Waals surface area (Å²) in [5, 5.41) is 0. The summed E-state index contributed by atoms with van der Waals surface area (Å²) in [5.74, 6) is 0.559. The molecule has 10 heavy (non-hydrogen) atoms. The summed E-state index contributed by atoms with van der Waals surface area (Å²) in [7, 11) is 0. The van der Waals surface area contributed by atoms with Gasteiger partial charge in [-0.25, -0.2) is 0 Å². The van der Waals surface area contributed by atoms with E-state index in [9.17, 15) is 8.78 Å². The molecule has 0 saturated heterocycles. The van der Waals surface area contributed by atoms with Crippen molar-refractivity contribution in [1.29, 1.82) is 0 Å². The number of hydrogen-bond donors (Lipinski definition) is 0. The van der Waals surface area contributed by atoms with E-state index in [0.29, 0.717) is 5.92 Å². The molecule has 1 rings (SSSR count). The van der Waals surface area contributed by atoms with E-state index in [1.165, 1.54) is 0 Å². The highest BCUT2D eigenvalue weighted by Crippen LogP contribution is 2.28. The summed E-state index contributed by atoms with van der Waals surface area (Å²) in [4.78, 5) is 0. The number of ether oxygens (including phenoxy) is 1. The highest BCUT2D eigenvalue weighted by atomic mass is 19.3. The third-order valence-electron chi connectivity index (χ3n) is 1.94. The first-order valence-corrected chi connectivity index (χ1v) is 3.62. The largest absolute Gasteiger partial charge is 0.345 e. The molecule has 0 amide bonds. The molecule has 1 fully saturated rings. The molecule has 1 aliphatic rings. The van der Waals surface area contributed by atoms with Gasteiger partial charge in [0.25, 0.3) is 0 Å². The van der Waals surface area contributed by atoms with Crippen LogP contribution in [0.1, 0.15) is 26.2 Å². The van der Waals surface area contributed by atoms with Crippen molar-refractivity contribution in [1.82, 2.24) is 0 Å². The van der Waals surface area contributed by atoms with E-state index in [-0.39, 0.29) is 6.10 Å². The quantitative estimate of drug-likeness (QED) is 0.587.